The molecule has 1 aromatic carbocycles. The third kappa shape index (κ3) is 12.8. The first-order valence-corrected chi connectivity index (χ1v) is 19.7. The molecule has 0 radical (unpaired) electrons. The summed E-state index contributed by atoms with van der Waals surface area (Å²) in [6.45, 7) is 9.62. The summed E-state index contributed by atoms with van der Waals surface area (Å²) in [6, 6.07) is 5.00. The molecular weight excluding hydrogens is 717 g/mol. The van der Waals surface area contributed by atoms with E-state index in [0.717, 1.165) is 38.5 Å². The number of hydrogen-bond acceptors (Lipinski definition) is 12. The number of nitrogens with zero attached hydrogens (tertiary/aromatic N) is 3. The molecule has 2 aliphatic rings. The number of ether oxygens (including phenoxy) is 5. The van der Waals surface area contributed by atoms with Crippen molar-refractivity contribution >= 4 is 41.3 Å². The van der Waals surface area contributed by atoms with Gasteiger partial charge < -0.3 is 38.7 Å². The minimum absolute atomic E-state index is 0.0231. The van der Waals surface area contributed by atoms with E-state index in [4.69, 9.17) is 28.7 Å². The van der Waals surface area contributed by atoms with Crippen molar-refractivity contribution in [1.82, 2.24) is 20.1 Å². The summed E-state index contributed by atoms with van der Waals surface area (Å²) < 4.78 is 27.2. The fourth-order valence-electron chi connectivity index (χ4n) is 6.47. The lowest BCUT2D eigenvalue weighted by Crippen LogP contribution is -2.56. The average molecular weight is 773 g/mol. The number of nitrogens with one attached hydrogen (secondary N) is 1. The number of carbonyl (C=O) groups excluding carboxylic acids is 5. The Kier molecular flexibility index (Phi) is 16.8. The van der Waals surface area contributed by atoms with Crippen LogP contribution >= 0.6 is 11.3 Å². The largest absolute Gasteiger partial charge is 0.491 e. The van der Waals surface area contributed by atoms with Crippen molar-refractivity contribution in [2.24, 2.45) is 5.92 Å². The van der Waals surface area contributed by atoms with E-state index in [2.05, 4.69) is 5.32 Å². The normalized spacial score (nSPS) is 17.4. The Labute approximate surface area is 322 Å². The van der Waals surface area contributed by atoms with Crippen LogP contribution in [0.2, 0.25) is 0 Å². The lowest BCUT2D eigenvalue weighted by Gasteiger charge is -2.36. The van der Waals surface area contributed by atoms with Crippen LogP contribution in [-0.2, 0) is 33.3 Å². The highest BCUT2D eigenvalue weighted by Gasteiger charge is 2.41. The predicted octanol–water partition coefficient (Wildman–Crippen LogP) is 4.99. The van der Waals surface area contributed by atoms with Gasteiger partial charge in [-0.2, -0.15) is 0 Å². The van der Waals surface area contributed by atoms with E-state index in [1.807, 2.05) is 4.90 Å². The zero-order chi connectivity index (χ0) is 39.1. The number of thiazole rings is 1. The van der Waals surface area contributed by atoms with Gasteiger partial charge in [0.1, 0.15) is 53.6 Å². The summed E-state index contributed by atoms with van der Waals surface area (Å²) in [6.07, 6.45) is 6.26. The van der Waals surface area contributed by atoms with Crippen LogP contribution < -0.4 is 10.1 Å². The lowest BCUT2D eigenvalue weighted by molar-refractivity contribution is -0.140. The number of amides is 3. The summed E-state index contributed by atoms with van der Waals surface area (Å²) >= 11 is 1.35. The van der Waals surface area contributed by atoms with Crippen molar-refractivity contribution in [3.63, 3.8) is 0 Å². The van der Waals surface area contributed by atoms with Crippen LogP contribution in [-0.4, -0.2) is 122 Å². The maximum absolute atomic E-state index is 14.4. The molecule has 54 heavy (non-hydrogen) atoms. The number of carbonyl (C=O) groups is 5. The third-order valence-electron chi connectivity index (χ3n) is 9.42. The quantitative estimate of drug-likeness (QED) is 0.110. The van der Waals surface area contributed by atoms with Crippen LogP contribution in [0.25, 0.3) is 0 Å². The van der Waals surface area contributed by atoms with Crippen molar-refractivity contribution in [2.45, 2.75) is 96.4 Å². The van der Waals surface area contributed by atoms with Crippen molar-refractivity contribution < 1.29 is 47.7 Å². The van der Waals surface area contributed by atoms with E-state index < -0.39 is 29.7 Å². The molecule has 2 heterocycles. The van der Waals surface area contributed by atoms with Gasteiger partial charge in [-0.05, 0) is 71.4 Å². The van der Waals surface area contributed by atoms with E-state index in [1.165, 1.54) is 23.3 Å². The monoisotopic (exact) mass is 772 g/mol. The van der Waals surface area contributed by atoms with E-state index in [1.54, 1.807) is 57.3 Å². The first kappa shape index (κ1) is 42.8. The zero-order valence-electron chi connectivity index (χ0n) is 32.2. The van der Waals surface area contributed by atoms with Gasteiger partial charge in [-0.3, -0.25) is 19.3 Å². The minimum Gasteiger partial charge on any atom is -0.491 e. The molecule has 14 nitrogen and oxygen atoms in total. The van der Waals surface area contributed by atoms with Crippen LogP contribution in [0, 0.1) is 5.92 Å². The van der Waals surface area contributed by atoms with Crippen LogP contribution in [0.1, 0.15) is 99.7 Å². The SMILES string of the molecule is C[C@@H](C(=O)N[C@H](C(=O)N1CCC[C@H]1c1nc(C(=O)c2cccc(OCCOCCOCCOCC=O)c2)cs1)C1CCCCC1)N(C)C(=O)OC(C)(C)C. The fraction of sp³-hybridized carbons (Fsp3) is 0.641. The topological polar surface area (TPSA) is 163 Å². The number of aldehydes is 1. The summed E-state index contributed by atoms with van der Waals surface area (Å²) in [4.78, 5) is 72.2. The summed E-state index contributed by atoms with van der Waals surface area (Å²) in [5.74, 6) is -0.317. The summed E-state index contributed by atoms with van der Waals surface area (Å²) in [7, 11) is 1.52. The number of ketones is 1. The van der Waals surface area contributed by atoms with Gasteiger partial charge in [0.05, 0.1) is 39.1 Å². The van der Waals surface area contributed by atoms with Gasteiger partial charge >= 0.3 is 6.09 Å². The second kappa shape index (κ2) is 21.2. The molecular formula is C39H56N4O10S. The van der Waals surface area contributed by atoms with Gasteiger partial charge in [0.2, 0.25) is 17.6 Å². The molecule has 1 saturated heterocycles. The number of likely N-dealkylation sites (N-methyl/N-ethyl adjacent to an activating group) is 1. The zero-order valence-corrected chi connectivity index (χ0v) is 33.0. The second-order valence-electron chi connectivity index (χ2n) is 14.6. The molecule has 4 rings (SSSR count). The summed E-state index contributed by atoms with van der Waals surface area (Å²) in [5.41, 5.74) is 0.0124. The highest BCUT2D eigenvalue weighted by molar-refractivity contribution is 7.10. The molecule has 298 valence electrons. The molecule has 1 aliphatic carbocycles. The van der Waals surface area contributed by atoms with Crippen LogP contribution in [0.4, 0.5) is 4.79 Å². The van der Waals surface area contributed by atoms with Crippen molar-refractivity contribution in [3.05, 3.63) is 45.9 Å². The Hall–Kier alpha value is -3.92. The van der Waals surface area contributed by atoms with Gasteiger partial charge in [0, 0.05) is 24.5 Å². The first-order valence-electron chi connectivity index (χ1n) is 18.9. The molecule has 1 aromatic heterocycles. The molecule has 1 aliphatic heterocycles. The number of hydrogen-bond donors (Lipinski definition) is 1. The number of benzene rings is 1. The van der Waals surface area contributed by atoms with Gasteiger partial charge in [0.25, 0.3) is 0 Å². The highest BCUT2D eigenvalue weighted by Crippen LogP contribution is 2.37. The Bertz CT molecular complexity index is 1540. The third-order valence-corrected chi connectivity index (χ3v) is 10.4. The van der Waals surface area contributed by atoms with Crippen molar-refractivity contribution in [2.75, 3.05) is 59.8 Å². The van der Waals surface area contributed by atoms with Crippen molar-refractivity contribution in [1.29, 1.82) is 0 Å². The maximum atomic E-state index is 14.4. The first-order chi connectivity index (χ1) is 25.9. The second-order valence-corrected chi connectivity index (χ2v) is 15.5. The van der Waals surface area contributed by atoms with Gasteiger partial charge in [-0.15, -0.1) is 11.3 Å². The highest BCUT2D eigenvalue weighted by atomic mass is 32.1. The number of aromatic nitrogens is 1. The molecule has 0 bridgehead atoms. The number of likely N-dealkylation sites (tertiary alicyclic amines) is 1. The minimum atomic E-state index is -0.851. The molecule has 3 amide bonds. The van der Waals surface area contributed by atoms with E-state index >= 15 is 0 Å². The Morgan fingerprint density at radius 1 is 0.981 bits per heavy atom. The molecule has 1 saturated carbocycles. The molecule has 0 unspecified atom stereocenters. The smallest absolute Gasteiger partial charge is 0.410 e. The molecule has 0 spiro atoms. The molecule has 3 atom stereocenters. The Morgan fingerprint density at radius 2 is 1.67 bits per heavy atom. The van der Waals surface area contributed by atoms with E-state index in [9.17, 15) is 24.0 Å². The Morgan fingerprint density at radius 3 is 2.35 bits per heavy atom. The fourth-order valence-corrected chi connectivity index (χ4v) is 7.41. The standard InChI is InChI=1S/C39H56N4O10S/c1-27(42(5)38(48)53-39(2,3)4)35(46)41-33(28-11-7-6-8-12-28)37(47)43-16-10-15-32(43)36-40-31(26-54-36)34(45)29-13-9-14-30(25-29)52-24-23-51-22-21-50-20-19-49-18-17-44/h9,13-14,17,25-28,32-33H,6-8,10-12,15-16,18-24H2,1-5H3,(H,41,46)/t27-,32-,33-/m0/s1. The molecule has 1 N–H and O–H groups in total. The van der Waals surface area contributed by atoms with Crippen LogP contribution in [0.5, 0.6) is 5.75 Å². The molecule has 2 fully saturated rings. The lowest BCUT2D eigenvalue weighted by atomic mass is 9.83. The number of rotatable bonds is 20. The average Bonchev–Trinajstić information content (AvgIpc) is 3.85. The van der Waals surface area contributed by atoms with Gasteiger partial charge in [-0.25, -0.2) is 9.78 Å². The van der Waals surface area contributed by atoms with E-state index in [-0.39, 0.29) is 36.9 Å². The van der Waals surface area contributed by atoms with Gasteiger partial charge in [0.15, 0.2) is 0 Å². The van der Waals surface area contributed by atoms with E-state index in [0.29, 0.717) is 74.3 Å². The predicted molar refractivity (Wildman–Crippen MR) is 202 cm³/mol. The van der Waals surface area contributed by atoms with Crippen molar-refractivity contribution in [3.8, 4) is 5.75 Å². The van der Waals surface area contributed by atoms with Crippen LogP contribution in [0.3, 0.4) is 0 Å². The molecule has 2 aromatic rings. The molecule has 15 heteroatoms. The van der Waals surface area contributed by atoms with Gasteiger partial charge in [-0.1, -0.05) is 31.4 Å². The maximum Gasteiger partial charge on any atom is 0.410 e. The van der Waals surface area contributed by atoms with Crippen LogP contribution in [0.15, 0.2) is 29.6 Å². The Balaban J connectivity index is 1.35. The summed E-state index contributed by atoms with van der Waals surface area (Å²) in [5, 5.41) is 5.44.